The number of likely N-dealkylation sites (tertiary alicyclic amines) is 1. The molecule has 8 heteroatoms. The highest BCUT2D eigenvalue weighted by Crippen LogP contribution is 2.30. The third-order valence-corrected chi connectivity index (χ3v) is 4.77. The lowest BCUT2D eigenvalue weighted by molar-refractivity contribution is -0.137. The summed E-state index contributed by atoms with van der Waals surface area (Å²) in [5, 5.41) is 36.5. The Morgan fingerprint density at radius 1 is 0.839 bits per heavy atom. The summed E-state index contributed by atoms with van der Waals surface area (Å²) in [4.78, 5) is 21.3. The molecule has 0 aromatic heterocycles. The highest BCUT2D eigenvalue weighted by molar-refractivity contribution is 5.86. The molecule has 3 rings (SSSR count). The molecule has 1 fully saturated rings. The van der Waals surface area contributed by atoms with Crippen LogP contribution in [0.25, 0.3) is 10.8 Å². The zero-order chi connectivity index (χ0) is 22.5. The predicted molar refractivity (Wildman–Crippen MR) is 124 cm³/mol. The van der Waals surface area contributed by atoms with Crippen LogP contribution < -0.4 is 0 Å². The number of hydrogen-bond donors (Lipinski definition) is 4. The Morgan fingerprint density at radius 2 is 1.32 bits per heavy atom. The molecule has 0 spiro atoms. The molecule has 174 valence electrons. The van der Waals surface area contributed by atoms with Crippen LogP contribution in [0.3, 0.4) is 0 Å². The minimum Gasteiger partial charge on any atom is -0.504 e. The molecule has 1 aliphatic rings. The quantitative estimate of drug-likeness (QED) is 0.484. The number of carboxylic acid groups (broad SMARTS) is 2. The van der Waals surface area contributed by atoms with Crippen LogP contribution in [0.1, 0.15) is 51.5 Å². The maximum Gasteiger partial charge on any atom is 0.303 e. The van der Waals surface area contributed by atoms with Gasteiger partial charge >= 0.3 is 11.9 Å². The van der Waals surface area contributed by atoms with Gasteiger partial charge in [-0.3, -0.25) is 9.59 Å². The van der Waals surface area contributed by atoms with E-state index < -0.39 is 11.9 Å². The first-order chi connectivity index (χ1) is 14.3. The number of nitrogens with zero attached hydrogens (tertiary/aromatic N) is 1. The molecular formula is C23H34ClNO6. The van der Waals surface area contributed by atoms with E-state index in [1.54, 1.807) is 26.0 Å². The van der Waals surface area contributed by atoms with Gasteiger partial charge in [0.15, 0.2) is 11.5 Å². The smallest absolute Gasteiger partial charge is 0.303 e. The summed E-state index contributed by atoms with van der Waals surface area (Å²) in [7, 11) is 0. The number of phenolic OH excluding ortho intramolecular Hbond substituents is 2. The van der Waals surface area contributed by atoms with Gasteiger partial charge in [0.05, 0.1) is 0 Å². The first-order valence-corrected chi connectivity index (χ1v) is 10.4. The van der Waals surface area contributed by atoms with Crippen molar-refractivity contribution in [3.8, 4) is 11.5 Å². The van der Waals surface area contributed by atoms with Crippen molar-refractivity contribution in [2.75, 3.05) is 19.6 Å². The van der Waals surface area contributed by atoms with Crippen molar-refractivity contribution in [3.63, 3.8) is 0 Å². The largest absolute Gasteiger partial charge is 0.504 e. The van der Waals surface area contributed by atoms with Gasteiger partial charge < -0.3 is 25.3 Å². The number of carbonyl (C=O) groups is 2. The fourth-order valence-corrected chi connectivity index (χ4v) is 2.95. The Labute approximate surface area is 189 Å². The zero-order valence-electron chi connectivity index (χ0n) is 18.2. The van der Waals surface area contributed by atoms with Gasteiger partial charge in [-0.2, -0.15) is 0 Å². The van der Waals surface area contributed by atoms with Crippen molar-refractivity contribution in [1.29, 1.82) is 0 Å². The number of fused-ring (bicyclic) bond motifs is 1. The van der Waals surface area contributed by atoms with E-state index in [0.717, 1.165) is 23.7 Å². The SMILES string of the molecule is CCC(=O)O.CCC(=O)O.Cl.Oc1cc2ccc(CCN3CCCCC3)cc2cc1O. The van der Waals surface area contributed by atoms with E-state index in [4.69, 9.17) is 10.2 Å². The zero-order valence-corrected chi connectivity index (χ0v) is 19.0. The second-order valence-electron chi connectivity index (χ2n) is 7.17. The van der Waals surface area contributed by atoms with E-state index in [-0.39, 0.29) is 36.7 Å². The summed E-state index contributed by atoms with van der Waals surface area (Å²) in [6, 6.07) is 9.48. The first kappa shape index (κ1) is 28.5. The Hall–Kier alpha value is -2.51. The molecular weight excluding hydrogens is 422 g/mol. The Balaban J connectivity index is 0.000000692. The van der Waals surface area contributed by atoms with Crippen molar-refractivity contribution in [1.82, 2.24) is 4.90 Å². The van der Waals surface area contributed by atoms with Crippen molar-refractivity contribution in [2.45, 2.75) is 52.4 Å². The van der Waals surface area contributed by atoms with Gasteiger partial charge in [-0.25, -0.2) is 0 Å². The van der Waals surface area contributed by atoms with Crippen molar-refractivity contribution in [2.24, 2.45) is 0 Å². The Morgan fingerprint density at radius 3 is 1.81 bits per heavy atom. The van der Waals surface area contributed by atoms with Crippen LogP contribution in [0.2, 0.25) is 0 Å². The molecule has 0 bridgehead atoms. The topological polar surface area (TPSA) is 118 Å². The number of phenols is 2. The molecule has 4 N–H and O–H groups in total. The molecule has 2 aromatic rings. The van der Waals surface area contributed by atoms with Crippen LogP contribution in [0, 0.1) is 0 Å². The van der Waals surface area contributed by atoms with Crippen molar-refractivity contribution < 1.29 is 30.0 Å². The molecule has 1 heterocycles. The van der Waals surface area contributed by atoms with Gasteiger partial charge in [0, 0.05) is 19.4 Å². The summed E-state index contributed by atoms with van der Waals surface area (Å²) < 4.78 is 0. The van der Waals surface area contributed by atoms with Crippen LogP contribution >= 0.6 is 12.4 Å². The number of hydrogen-bond acceptors (Lipinski definition) is 5. The number of carboxylic acids is 2. The van der Waals surface area contributed by atoms with Crippen molar-refractivity contribution in [3.05, 3.63) is 35.9 Å². The lowest BCUT2D eigenvalue weighted by atomic mass is 10.0. The average molecular weight is 456 g/mol. The first-order valence-electron chi connectivity index (χ1n) is 10.4. The van der Waals surface area contributed by atoms with Gasteiger partial charge in [-0.05, 0) is 60.8 Å². The molecule has 1 saturated heterocycles. The molecule has 7 nitrogen and oxygen atoms in total. The fourth-order valence-electron chi connectivity index (χ4n) is 2.95. The minimum atomic E-state index is -0.745. The second kappa shape index (κ2) is 15.3. The van der Waals surface area contributed by atoms with E-state index in [9.17, 15) is 19.8 Å². The molecule has 31 heavy (non-hydrogen) atoms. The number of aliphatic carboxylic acids is 2. The summed E-state index contributed by atoms with van der Waals surface area (Å²) in [6.45, 7) is 6.75. The normalized spacial score (nSPS) is 13.1. The van der Waals surface area contributed by atoms with Gasteiger partial charge in [0.2, 0.25) is 0 Å². The minimum absolute atomic E-state index is 0. The van der Waals surface area contributed by atoms with E-state index in [1.807, 2.05) is 6.07 Å². The average Bonchev–Trinajstić information content (AvgIpc) is 2.74. The van der Waals surface area contributed by atoms with Crippen LogP contribution in [-0.4, -0.2) is 56.9 Å². The highest BCUT2D eigenvalue weighted by Gasteiger charge is 2.10. The summed E-state index contributed by atoms with van der Waals surface area (Å²) in [6.07, 6.45) is 5.50. The monoisotopic (exact) mass is 455 g/mol. The maximum absolute atomic E-state index is 9.58. The highest BCUT2D eigenvalue weighted by atomic mass is 35.5. The molecule has 0 aliphatic carbocycles. The second-order valence-corrected chi connectivity index (χ2v) is 7.17. The van der Waals surface area contributed by atoms with E-state index in [2.05, 4.69) is 17.0 Å². The van der Waals surface area contributed by atoms with E-state index in [1.165, 1.54) is 37.9 Å². The number of rotatable bonds is 5. The molecule has 0 amide bonds. The van der Waals surface area contributed by atoms with Crippen LogP contribution in [0.5, 0.6) is 11.5 Å². The third kappa shape index (κ3) is 11.5. The van der Waals surface area contributed by atoms with E-state index in [0.29, 0.717) is 0 Å². The maximum atomic E-state index is 9.58. The van der Waals surface area contributed by atoms with Crippen molar-refractivity contribution >= 4 is 35.1 Å². The predicted octanol–water partition coefficient (Wildman–Crippen LogP) is 4.66. The van der Waals surface area contributed by atoms with Crippen LogP contribution in [0.4, 0.5) is 0 Å². The molecule has 0 atom stereocenters. The Kier molecular flexibility index (Phi) is 14.1. The molecule has 0 saturated carbocycles. The third-order valence-electron chi connectivity index (χ3n) is 4.77. The lowest BCUT2D eigenvalue weighted by Gasteiger charge is -2.26. The summed E-state index contributed by atoms with van der Waals surface area (Å²) >= 11 is 0. The molecule has 1 aliphatic heterocycles. The number of aromatic hydroxyl groups is 2. The number of benzene rings is 2. The fraction of sp³-hybridized carbons (Fsp3) is 0.478. The Bertz CT molecular complexity index is 807. The lowest BCUT2D eigenvalue weighted by Crippen LogP contribution is -2.31. The van der Waals surface area contributed by atoms with Gasteiger partial charge in [-0.1, -0.05) is 38.5 Å². The van der Waals surface area contributed by atoms with E-state index >= 15 is 0 Å². The molecule has 0 radical (unpaired) electrons. The summed E-state index contributed by atoms with van der Waals surface area (Å²) in [5.74, 6) is -1.60. The molecule has 2 aromatic carbocycles. The summed E-state index contributed by atoms with van der Waals surface area (Å²) in [5.41, 5.74) is 1.29. The van der Waals surface area contributed by atoms with Gasteiger partial charge in [-0.15, -0.1) is 12.4 Å². The van der Waals surface area contributed by atoms with Gasteiger partial charge in [0.1, 0.15) is 0 Å². The van der Waals surface area contributed by atoms with Gasteiger partial charge in [0.25, 0.3) is 0 Å². The van der Waals surface area contributed by atoms with Crippen LogP contribution in [0.15, 0.2) is 30.3 Å². The van der Waals surface area contributed by atoms with Crippen LogP contribution in [-0.2, 0) is 16.0 Å². The number of halogens is 1. The standard InChI is InChI=1S/C17H21NO2.2C3H6O2.ClH/c19-16-11-14-5-4-13(10-15(14)12-17(16)20)6-9-18-7-2-1-3-8-18;2*1-2-3(4)5;/h4-5,10-12,19-20H,1-3,6-9H2;2*2H2,1H3,(H,4,5);1H. The molecule has 0 unspecified atom stereocenters. The number of piperidine rings is 1.